The minimum absolute atomic E-state index is 0.0650. The Morgan fingerprint density at radius 2 is 2.27 bits per heavy atom. The van der Waals surface area contributed by atoms with Gasteiger partial charge in [-0.2, -0.15) is 5.14 Å². The van der Waals surface area contributed by atoms with Crippen molar-refractivity contribution in [1.29, 1.82) is 0 Å². The molecule has 1 rings (SSSR count). The molecular weight excluding hydrogens is 182 g/mol. The highest BCUT2D eigenvalue weighted by Crippen LogP contribution is 2.23. The van der Waals surface area contributed by atoms with Gasteiger partial charge in [0.2, 0.25) is 5.25 Å². The minimum atomic E-state index is -1.23. The molecule has 1 saturated carbocycles. The van der Waals surface area contributed by atoms with Crippen molar-refractivity contribution in [3.63, 3.8) is 0 Å². The monoisotopic (exact) mass is 194 g/mol. The smallest absolute Gasteiger partial charge is 0.462 e. The second kappa shape index (κ2) is 4.35. The molecule has 1 fully saturated rings. The highest BCUT2D eigenvalue weighted by molar-refractivity contribution is 7.89. The lowest BCUT2D eigenvalue weighted by molar-refractivity contribution is 0.484. The lowest BCUT2D eigenvalue weighted by atomic mass is 10.00. The Balaban J connectivity index is 2.39. The third-order valence-electron chi connectivity index (χ3n) is 2.04. The SMILES string of the molecule is N[S+]([O-])C1CCCC([S+]=O)C1. The minimum Gasteiger partial charge on any atom is -0.598 e. The Hall–Kier alpha value is 0.290. The van der Waals surface area contributed by atoms with Gasteiger partial charge in [0, 0.05) is 22.0 Å². The molecule has 0 saturated heterocycles. The van der Waals surface area contributed by atoms with E-state index in [0.29, 0.717) is 11.7 Å². The average Bonchev–Trinajstić information content (AvgIpc) is 2.05. The summed E-state index contributed by atoms with van der Waals surface area (Å²) in [5, 5.41) is 5.45. The molecule has 1 aliphatic carbocycles. The number of hydrogen-bond donors (Lipinski definition) is 1. The van der Waals surface area contributed by atoms with Gasteiger partial charge in [0.1, 0.15) is 5.25 Å². The van der Waals surface area contributed by atoms with Gasteiger partial charge in [-0.15, -0.1) is 0 Å². The van der Waals surface area contributed by atoms with Gasteiger partial charge in [0.25, 0.3) is 0 Å². The van der Waals surface area contributed by atoms with E-state index >= 15 is 0 Å². The third-order valence-corrected chi connectivity index (χ3v) is 3.83. The zero-order valence-electron chi connectivity index (χ0n) is 6.19. The number of hydrogen-bond acceptors (Lipinski definition) is 3. The van der Waals surface area contributed by atoms with Crippen LogP contribution in [0.1, 0.15) is 25.7 Å². The molecule has 0 aromatic rings. The summed E-state index contributed by atoms with van der Waals surface area (Å²) in [7, 11) is 0. The fourth-order valence-corrected chi connectivity index (χ4v) is 2.92. The van der Waals surface area contributed by atoms with Crippen LogP contribution in [0.25, 0.3) is 0 Å². The van der Waals surface area contributed by atoms with Gasteiger partial charge in [-0.25, -0.2) is 0 Å². The molecule has 0 spiro atoms. The second-order valence-electron chi connectivity index (χ2n) is 2.84. The Morgan fingerprint density at radius 3 is 2.82 bits per heavy atom. The quantitative estimate of drug-likeness (QED) is 0.645. The van der Waals surface area contributed by atoms with Crippen molar-refractivity contribution < 1.29 is 8.76 Å². The van der Waals surface area contributed by atoms with Gasteiger partial charge in [-0.1, -0.05) is 0 Å². The third kappa shape index (κ3) is 2.66. The van der Waals surface area contributed by atoms with Crippen LogP contribution in [0, 0.1) is 0 Å². The lowest BCUT2D eigenvalue weighted by Gasteiger charge is -2.20. The van der Waals surface area contributed by atoms with Crippen molar-refractivity contribution in [2.45, 2.75) is 36.2 Å². The topological polar surface area (TPSA) is 66.2 Å². The normalized spacial score (nSPS) is 34.7. The molecule has 0 aromatic heterocycles. The molecule has 3 atom stereocenters. The molecule has 0 aliphatic heterocycles. The van der Waals surface area contributed by atoms with Crippen LogP contribution < -0.4 is 5.14 Å². The predicted molar refractivity (Wildman–Crippen MR) is 46.4 cm³/mol. The number of nitrogens with two attached hydrogens (primary N) is 1. The van der Waals surface area contributed by atoms with Gasteiger partial charge in [0.05, 0.1) is 6.42 Å². The van der Waals surface area contributed by atoms with Gasteiger partial charge in [-0.3, -0.25) is 0 Å². The summed E-state index contributed by atoms with van der Waals surface area (Å²) in [4.78, 5) is 0. The fraction of sp³-hybridized carbons (Fsp3) is 1.00. The molecule has 3 nitrogen and oxygen atoms in total. The van der Waals surface area contributed by atoms with Crippen molar-refractivity contribution >= 4 is 23.0 Å². The van der Waals surface area contributed by atoms with Gasteiger partial charge in [0.15, 0.2) is 0 Å². The molecule has 0 amide bonds. The van der Waals surface area contributed by atoms with Gasteiger partial charge < -0.3 is 4.55 Å². The van der Waals surface area contributed by atoms with E-state index < -0.39 is 11.4 Å². The summed E-state index contributed by atoms with van der Waals surface area (Å²) >= 11 is -0.600. The molecule has 0 bridgehead atoms. The van der Waals surface area contributed by atoms with Crippen molar-refractivity contribution in [1.82, 2.24) is 0 Å². The van der Waals surface area contributed by atoms with Crippen LogP contribution in [0.4, 0.5) is 0 Å². The van der Waals surface area contributed by atoms with Crippen LogP contribution in [0.15, 0.2) is 0 Å². The molecule has 0 heterocycles. The first-order valence-electron chi connectivity index (χ1n) is 3.67. The van der Waals surface area contributed by atoms with E-state index in [0.717, 1.165) is 25.7 Å². The Kier molecular flexibility index (Phi) is 3.71. The largest absolute Gasteiger partial charge is 0.598 e. The number of rotatable bonds is 2. The molecule has 64 valence electrons. The highest BCUT2D eigenvalue weighted by Gasteiger charge is 2.35. The van der Waals surface area contributed by atoms with E-state index in [1.54, 1.807) is 0 Å². The first-order valence-corrected chi connectivity index (χ1v) is 5.75. The van der Waals surface area contributed by atoms with E-state index in [-0.39, 0.29) is 10.5 Å². The molecule has 11 heavy (non-hydrogen) atoms. The van der Waals surface area contributed by atoms with E-state index in [4.69, 9.17) is 5.14 Å². The Bertz CT molecular complexity index is 143. The average molecular weight is 194 g/mol. The van der Waals surface area contributed by atoms with Gasteiger partial charge >= 0.3 is 11.7 Å². The van der Waals surface area contributed by atoms with Crippen molar-refractivity contribution in [2.75, 3.05) is 0 Å². The van der Waals surface area contributed by atoms with Crippen LogP contribution in [-0.4, -0.2) is 15.1 Å². The van der Waals surface area contributed by atoms with Crippen LogP contribution >= 0.6 is 0 Å². The maximum atomic E-state index is 10.8. The summed E-state index contributed by atoms with van der Waals surface area (Å²) in [5.74, 6) is 0. The molecule has 0 aromatic carbocycles. The highest BCUT2D eigenvalue weighted by atomic mass is 32.2. The fourth-order valence-electron chi connectivity index (χ4n) is 1.40. The van der Waals surface area contributed by atoms with Crippen LogP contribution in [0.2, 0.25) is 0 Å². The Morgan fingerprint density at radius 1 is 1.55 bits per heavy atom. The van der Waals surface area contributed by atoms with Gasteiger partial charge in [-0.05, 0) is 12.8 Å². The summed E-state index contributed by atoms with van der Waals surface area (Å²) in [6, 6.07) is 0. The van der Waals surface area contributed by atoms with E-state index in [1.165, 1.54) is 0 Å². The molecule has 2 N–H and O–H groups in total. The lowest BCUT2D eigenvalue weighted by Crippen LogP contribution is -2.34. The molecule has 5 heteroatoms. The van der Waals surface area contributed by atoms with Crippen molar-refractivity contribution in [2.24, 2.45) is 5.14 Å². The second-order valence-corrected chi connectivity index (χ2v) is 5.02. The molecule has 3 unspecified atom stereocenters. The first kappa shape index (κ1) is 9.38. The first-order chi connectivity index (χ1) is 5.24. The van der Waals surface area contributed by atoms with Crippen LogP contribution in [0.3, 0.4) is 0 Å². The molecule has 1 aliphatic rings. The Labute approximate surface area is 73.5 Å². The van der Waals surface area contributed by atoms with Crippen LogP contribution in [-0.2, 0) is 27.2 Å². The van der Waals surface area contributed by atoms with E-state index in [1.807, 2.05) is 0 Å². The predicted octanol–water partition coefficient (Wildman–Crippen LogP) is 0.348. The summed E-state index contributed by atoms with van der Waals surface area (Å²) in [5.41, 5.74) is 0. The molecular formula is C6H12NO2S2+. The maximum absolute atomic E-state index is 10.8. The van der Waals surface area contributed by atoms with Crippen LogP contribution in [0.5, 0.6) is 0 Å². The molecule has 0 radical (unpaired) electrons. The summed E-state index contributed by atoms with van der Waals surface area (Å²) in [6.45, 7) is 0. The summed E-state index contributed by atoms with van der Waals surface area (Å²) < 4.78 is 21.3. The van der Waals surface area contributed by atoms with Crippen molar-refractivity contribution in [3.8, 4) is 0 Å². The van der Waals surface area contributed by atoms with E-state index in [2.05, 4.69) is 0 Å². The summed E-state index contributed by atoms with van der Waals surface area (Å²) in [6.07, 6.45) is 3.60. The zero-order chi connectivity index (χ0) is 8.27. The van der Waals surface area contributed by atoms with Crippen molar-refractivity contribution in [3.05, 3.63) is 0 Å². The maximum Gasteiger partial charge on any atom is 0.462 e. The van der Waals surface area contributed by atoms with E-state index in [9.17, 15) is 8.76 Å². The standard InChI is InChI=1S/C6H12NO2S2/c7-11(9)6-3-1-2-5(4-6)10-8/h5-6H,1-4,7H2/q+1. The zero-order valence-corrected chi connectivity index (χ0v) is 7.83.